The standard InChI is InChI=1S/C15H22N6O3S2/c1-2-3-20-9(17)4-8(16)19-14(20)26-7-15(13(23)24)5-21-11(22)10(18)12(21)25-6-15/h4,10,12H,2-3,5-7,18H2,1H3,(H4,16,17,23,24)/t10?,12-,15?/m1/s1. The molecule has 0 radical (unpaired) electrons. The van der Waals surface area contributed by atoms with E-state index < -0.39 is 17.4 Å². The number of anilines is 2. The van der Waals surface area contributed by atoms with E-state index in [9.17, 15) is 14.7 Å². The summed E-state index contributed by atoms with van der Waals surface area (Å²) in [6.07, 6.45) is 0.845. The van der Waals surface area contributed by atoms with Gasteiger partial charge in [0.05, 0.1) is 18.6 Å². The van der Waals surface area contributed by atoms with Crippen LogP contribution in [-0.4, -0.2) is 51.2 Å². The average molecular weight is 399 g/mol. The minimum absolute atomic E-state index is 0.0953. The second kappa shape index (κ2) is 7.12. The lowest BCUT2D eigenvalue weighted by Crippen LogP contribution is -2.73. The second-order valence-corrected chi connectivity index (χ2v) is 8.64. The predicted molar refractivity (Wildman–Crippen MR) is 97.6 cm³/mol. The molecule has 3 heterocycles. The van der Waals surface area contributed by atoms with Gasteiger partial charge in [-0.2, -0.15) is 0 Å². The van der Waals surface area contributed by atoms with Gasteiger partial charge in [0.15, 0.2) is 0 Å². The fourth-order valence-corrected chi connectivity index (χ4v) is 5.95. The zero-order valence-electron chi connectivity index (χ0n) is 14.4. The summed E-state index contributed by atoms with van der Waals surface area (Å²) in [5.74, 6) is -0.106. The molecule has 3 atom stereocenters. The molecule has 6 N–H and O–H groups in total. The van der Waals surface area contributed by atoms with Crippen LogP contribution in [0.15, 0.2) is 11.2 Å². The van der Waals surface area contributed by atoms with Gasteiger partial charge < -0.3 is 32.0 Å². The highest BCUT2D eigenvalue weighted by molar-refractivity contribution is 8.00. The SMILES string of the molecule is CCC[n+]1c(N)cc(N)nc1SCC1(C(=O)[O-])CS[C@@H]2C(N)C(=O)N2C1. The number of carboxylic acid groups (broad SMARTS) is 1. The number of amides is 1. The summed E-state index contributed by atoms with van der Waals surface area (Å²) in [6, 6.07) is 1.03. The summed E-state index contributed by atoms with van der Waals surface area (Å²) in [5.41, 5.74) is 16.4. The molecule has 2 saturated heterocycles. The Morgan fingerprint density at radius 1 is 1.58 bits per heavy atom. The predicted octanol–water partition coefficient (Wildman–Crippen LogP) is -1.99. The monoisotopic (exact) mass is 398 g/mol. The van der Waals surface area contributed by atoms with Crippen molar-refractivity contribution < 1.29 is 19.3 Å². The number of aromatic nitrogens is 2. The molecule has 0 aliphatic carbocycles. The molecule has 0 saturated carbocycles. The summed E-state index contributed by atoms with van der Waals surface area (Å²) in [4.78, 5) is 29.7. The van der Waals surface area contributed by atoms with E-state index in [-0.39, 0.29) is 29.4 Å². The average Bonchev–Trinajstić information content (AvgIpc) is 2.61. The molecule has 142 valence electrons. The van der Waals surface area contributed by atoms with Crippen molar-refractivity contribution in [3.63, 3.8) is 0 Å². The summed E-state index contributed by atoms with van der Waals surface area (Å²) >= 11 is 2.65. The Bertz CT molecular complexity index is 748. The van der Waals surface area contributed by atoms with Gasteiger partial charge >= 0.3 is 5.16 Å². The van der Waals surface area contributed by atoms with Gasteiger partial charge in [0.25, 0.3) is 0 Å². The van der Waals surface area contributed by atoms with Crippen LogP contribution in [0.2, 0.25) is 0 Å². The normalized spacial score (nSPS) is 27.8. The van der Waals surface area contributed by atoms with Crippen molar-refractivity contribution in [1.29, 1.82) is 0 Å². The summed E-state index contributed by atoms with van der Waals surface area (Å²) < 4.78 is 1.81. The smallest absolute Gasteiger partial charge is 0.300 e. The third-order valence-corrected chi connectivity index (χ3v) is 7.48. The Balaban J connectivity index is 1.81. The lowest BCUT2D eigenvalue weighted by molar-refractivity contribution is -0.723. The van der Waals surface area contributed by atoms with Crippen LogP contribution in [0.4, 0.5) is 11.6 Å². The van der Waals surface area contributed by atoms with E-state index in [4.69, 9.17) is 17.2 Å². The van der Waals surface area contributed by atoms with E-state index >= 15 is 0 Å². The number of hydrogen-bond donors (Lipinski definition) is 3. The molecule has 0 aromatic carbocycles. The van der Waals surface area contributed by atoms with Crippen molar-refractivity contribution in [2.75, 3.05) is 29.5 Å². The van der Waals surface area contributed by atoms with E-state index in [1.165, 1.54) is 28.4 Å². The fourth-order valence-electron chi connectivity index (χ4n) is 3.10. The van der Waals surface area contributed by atoms with Gasteiger partial charge in [0, 0.05) is 23.5 Å². The van der Waals surface area contributed by atoms with Gasteiger partial charge in [-0.3, -0.25) is 4.79 Å². The number of carbonyl (C=O) groups excluding carboxylic acids is 2. The Kier molecular flexibility index (Phi) is 5.22. The number of β-lactam (4-membered cyclic amide) rings is 1. The van der Waals surface area contributed by atoms with Crippen molar-refractivity contribution in [2.45, 2.75) is 36.5 Å². The van der Waals surface area contributed by atoms with Crippen molar-refractivity contribution in [2.24, 2.45) is 11.1 Å². The third kappa shape index (κ3) is 3.19. The molecule has 3 rings (SSSR count). The molecule has 2 unspecified atom stereocenters. The third-order valence-electron chi connectivity index (χ3n) is 4.61. The molecule has 26 heavy (non-hydrogen) atoms. The molecule has 1 amide bonds. The minimum Gasteiger partial charge on any atom is -0.549 e. The molecule has 2 aliphatic heterocycles. The maximum absolute atomic E-state index is 11.9. The zero-order valence-corrected chi connectivity index (χ0v) is 16.0. The van der Waals surface area contributed by atoms with Gasteiger partial charge in [0.1, 0.15) is 11.4 Å². The van der Waals surface area contributed by atoms with Crippen LogP contribution < -0.4 is 26.9 Å². The first-order valence-electron chi connectivity index (χ1n) is 8.27. The number of fused-ring (bicyclic) bond motifs is 1. The van der Waals surface area contributed by atoms with Crippen LogP contribution in [0, 0.1) is 5.41 Å². The minimum atomic E-state index is -1.18. The molecular formula is C15H22N6O3S2. The van der Waals surface area contributed by atoms with Crippen molar-refractivity contribution >= 4 is 47.0 Å². The first-order chi connectivity index (χ1) is 12.3. The maximum Gasteiger partial charge on any atom is 0.300 e. The van der Waals surface area contributed by atoms with E-state index in [1.807, 2.05) is 11.5 Å². The quantitative estimate of drug-likeness (QED) is 0.214. The number of rotatable bonds is 6. The van der Waals surface area contributed by atoms with Crippen molar-refractivity contribution in [3.05, 3.63) is 6.07 Å². The summed E-state index contributed by atoms with van der Waals surface area (Å²) in [5, 5.41) is 12.3. The molecule has 11 heteroatoms. The largest absolute Gasteiger partial charge is 0.549 e. The topological polar surface area (TPSA) is 155 Å². The molecule has 2 aliphatic rings. The van der Waals surface area contributed by atoms with Gasteiger partial charge in [-0.05, 0) is 6.42 Å². The molecule has 2 fully saturated rings. The van der Waals surface area contributed by atoms with Gasteiger partial charge in [0.2, 0.25) is 17.5 Å². The number of nitrogens with zero attached hydrogens (tertiary/aromatic N) is 3. The number of carboxylic acids is 1. The molecular weight excluding hydrogens is 376 g/mol. The molecule has 1 aromatic heterocycles. The molecule has 0 bridgehead atoms. The lowest BCUT2D eigenvalue weighted by atomic mass is 9.89. The highest BCUT2D eigenvalue weighted by Crippen LogP contribution is 2.43. The number of thioether (sulfide) groups is 2. The van der Waals surface area contributed by atoms with Crippen LogP contribution in [0.5, 0.6) is 0 Å². The summed E-state index contributed by atoms with van der Waals surface area (Å²) in [7, 11) is 0. The Morgan fingerprint density at radius 2 is 2.31 bits per heavy atom. The highest BCUT2D eigenvalue weighted by atomic mass is 32.2. The van der Waals surface area contributed by atoms with Crippen LogP contribution >= 0.6 is 23.5 Å². The van der Waals surface area contributed by atoms with Crippen LogP contribution in [0.1, 0.15) is 13.3 Å². The van der Waals surface area contributed by atoms with Crippen LogP contribution in [0.3, 0.4) is 0 Å². The van der Waals surface area contributed by atoms with Crippen LogP contribution in [0.25, 0.3) is 0 Å². The molecule has 1 aromatic rings. The second-order valence-electron chi connectivity index (χ2n) is 6.59. The maximum atomic E-state index is 11.9. The van der Waals surface area contributed by atoms with E-state index in [0.29, 0.717) is 23.3 Å². The highest BCUT2D eigenvalue weighted by Gasteiger charge is 2.53. The number of hydrogen-bond acceptors (Lipinski definition) is 9. The van der Waals surface area contributed by atoms with Gasteiger partial charge in [-0.15, -0.1) is 11.8 Å². The Hall–Kier alpha value is -1.72. The zero-order chi connectivity index (χ0) is 19.1. The number of aliphatic carboxylic acids is 1. The molecule has 9 nitrogen and oxygen atoms in total. The fraction of sp³-hybridized carbons (Fsp3) is 0.600. The molecule has 0 spiro atoms. The van der Waals surface area contributed by atoms with E-state index in [1.54, 1.807) is 6.07 Å². The summed E-state index contributed by atoms with van der Waals surface area (Å²) in [6.45, 7) is 2.75. The first-order valence-corrected chi connectivity index (χ1v) is 10.3. The Morgan fingerprint density at radius 3 is 2.96 bits per heavy atom. The van der Waals surface area contributed by atoms with Gasteiger partial charge in [-0.1, -0.05) is 23.7 Å². The van der Waals surface area contributed by atoms with E-state index in [0.717, 1.165) is 6.42 Å². The number of nitrogen functional groups attached to an aromatic ring is 2. The number of carbonyl (C=O) groups is 2. The van der Waals surface area contributed by atoms with Crippen molar-refractivity contribution in [3.8, 4) is 0 Å². The van der Waals surface area contributed by atoms with Crippen LogP contribution in [-0.2, 0) is 16.1 Å². The van der Waals surface area contributed by atoms with Crippen molar-refractivity contribution in [1.82, 2.24) is 9.88 Å². The lowest BCUT2D eigenvalue weighted by Gasteiger charge is -2.54. The Labute approximate surface area is 159 Å². The number of nitrogens with two attached hydrogens (primary N) is 3. The van der Waals surface area contributed by atoms with Gasteiger partial charge in [-0.25, -0.2) is 4.57 Å². The van der Waals surface area contributed by atoms with E-state index in [2.05, 4.69) is 4.98 Å². The first kappa shape index (κ1) is 19.1.